The van der Waals surface area contributed by atoms with Gasteiger partial charge in [-0.25, -0.2) is 0 Å². The maximum absolute atomic E-state index is 12.5. The van der Waals surface area contributed by atoms with Crippen molar-refractivity contribution in [2.75, 3.05) is 37.5 Å². The highest BCUT2D eigenvalue weighted by Crippen LogP contribution is 2.26. The molecule has 6 nitrogen and oxygen atoms in total. The van der Waals surface area contributed by atoms with E-state index in [0.717, 1.165) is 36.4 Å². The molecule has 1 atom stereocenters. The molecular weight excluding hydrogens is 330 g/mol. The van der Waals surface area contributed by atoms with Gasteiger partial charge in [-0.2, -0.15) is 0 Å². The fourth-order valence-corrected chi connectivity index (χ4v) is 3.19. The summed E-state index contributed by atoms with van der Waals surface area (Å²) in [5.74, 6) is 0.0996. The minimum absolute atomic E-state index is 0.0191. The minimum atomic E-state index is -0.0191. The molecule has 0 bridgehead atoms. The number of nitrogens with one attached hydrogen (secondary N) is 1. The smallest absolute Gasteiger partial charge is 0.224 e. The van der Waals surface area contributed by atoms with Crippen LogP contribution in [0.15, 0.2) is 18.2 Å². The highest BCUT2D eigenvalue weighted by Gasteiger charge is 2.23. The number of hydrogen-bond donors (Lipinski definition) is 1. The average Bonchev–Trinajstić information content (AvgIpc) is 3.13. The quantitative estimate of drug-likeness (QED) is 0.773. The lowest BCUT2D eigenvalue weighted by molar-refractivity contribution is -0.133. The summed E-state index contributed by atoms with van der Waals surface area (Å²) in [4.78, 5) is 28.1. The van der Waals surface area contributed by atoms with Gasteiger partial charge in [0.05, 0.1) is 6.10 Å². The van der Waals surface area contributed by atoms with Crippen LogP contribution in [0.5, 0.6) is 0 Å². The van der Waals surface area contributed by atoms with Crippen molar-refractivity contribution in [1.29, 1.82) is 0 Å². The Balaban J connectivity index is 2.24. The second kappa shape index (κ2) is 9.57. The van der Waals surface area contributed by atoms with Gasteiger partial charge in [0.25, 0.3) is 0 Å². The number of ether oxygens (including phenoxy) is 1. The van der Waals surface area contributed by atoms with Gasteiger partial charge in [0.2, 0.25) is 11.8 Å². The summed E-state index contributed by atoms with van der Waals surface area (Å²) >= 11 is 0. The van der Waals surface area contributed by atoms with Crippen LogP contribution >= 0.6 is 0 Å². The topological polar surface area (TPSA) is 61.9 Å². The first-order valence-electron chi connectivity index (χ1n) is 9.44. The number of anilines is 2. The monoisotopic (exact) mass is 361 g/mol. The summed E-state index contributed by atoms with van der Waals surface area (Å²) in [5, 5.41) is 2.90. The van der Waals surface area contributed by atoms with Crippen LogP contribution in [0.2, 0.25) is 0 Å². The molecule has 1 aliphatic heterocycles. The molecule has 0 aliphatic carbocycles. The fraction of sp³-hybridized carbons (Fsp3) is 0.600. The van der Waals surface area contributed by atoms with E-state index in [2.05, 4.69) is 5.32 Å². The number of benzene rings is 1. The number of rotatable bonds is 8. The van der Waals surface area contributed by atoms with Crippen LogP contribution in [-0.4, -0.2) is 50.1 Å². The zero-order chi connectivity index (χ0) is 19.1. The van der Waals surface area contributed by atoms with Crippen molar-refractivity contribution in [3.63, 3.8) is 0 Å². The molecule has 2 rings (SSSR count). The lowest BCUT2D eigenvalue weighted by atomic mass is 10.1. The van der Waals surface area contributed by atoms with Crippen molar-refractivity contribution in [2.45, 2.75) is 52.2 Å². The lowest BCUT2D eigenvalue weighted by Crippen LogP contribution is -2.36. The first kappa shape index (κ1) is 20.2. The van der Waals surface area contributed by atoms with Crippen LogP contribution in [0.25, 0.3) is 0 Å². The van der Waals surface area contributed by atoms with E-state index >= 15 is 0 Å². The number of amides is 2. The van der Waals surface area contributed by atoms with Crippen molar-refractivity contribution >= 4 is 23.2 Å². The van der Waals surface area contributed by atoms with Crippen LogP contribution in [-0.2, 0) is 20.9 Å². The van der Waals surface area contributed by atoms with Gasteiger partial charge in [-0.05, 0) is 36.6 Å². The number of carbonyl (C=O) groups excluding carboxylic acids is 2. The molecule has 1 N–H and O–H groups in total. The summed E-state index contributed by atoms with van der Waals surface area (Å²) in [6, 6.07) is 5.86. The van der Waals surface area contributed by atoms with E-state index in [-0.39, 0.29) is 17.9 Å². The zero-order valence-electron chi connectivity index (χ0n) is 16.4. The summed E-state index contributed by atoms with van der Waals surface area (Å²) < 4.78 is 5.72. The maximum atomic E-state index is 12.5. The van der Waals surface area contributed by atoms with Crippen molar-refractivity contribution in [1.82, 2.24) is 4.90 Å². The molecule has 1 saturated heterocycles. The molecule has 0 saturated carbocycles. The van der Waals surface area contributed by atoms with Gasteiger partial charge in [-0.3, -0.25) is 9.59 Å². The normalized spacial score (nSPS) is 16.4. The van der Waals surface area contributed by atoms with Gasteiger partial charge in [-0.15, -0.1) is 0 Å². The van der Waals surface area contributed by atoms with E-state index in [0.29, 0.717) is 25.9 Å². The van der Waals surface area contributed by atoms with Gasteiger partial charge >= 0.3 is 0 Å². The molecule has 1 fully saturated rings. The molecular formula is C20H31N3O3. The van der Waals surface area contributed by atoms with Gasteiger partial charge in [0, 0.05) is 58.0 Å². The third-order valence-corrected chi connectivity index (χ3v) is 4.63. The Hall–Kier alpha value is -2.08. The molecule has 6 heteroatoms. The Morgan fingerprint density at radius 1 is 1.23 bits per heavy atom. The molecule has 2 amide bonds. The van der Waals surface area contributed by atoms with Gasteiger partial charge in [0.1, 0.15) is 0 Å². The molecule has 144 valence electrons. The van der Waals surface area contributed by atoms with Gasteiger partial charge in [-0.1, -0.05) is 13.8 Å². The highest BCUT2D eigenvalue weighted by molar-refractivity contribution is 5.91. The first-order chi connectivity index (χ1) is 12.4. The van der Waals surface area contributed by atoms with Crippen LogP contribution in [0, 0.1) is 0 Å². The van der Waals surface area contributed by atoms with Gasteiger partial charge in [0.15, 0.2) is 0 Å². The van der Waals surface area contributed by atoms with Crippen molar-refractivity contribution in [2.24, 2.45) is 0 Å². The summed E-state index contributed by atoms with van der Waals surface area (Å²) in [7, 11) is 3.96. The SMILES string of the molecule is CCC(=O)Nc1ccc(N(C)C)c(CN(C[C@@H]2CCCO2)C(=O)CC)c1. The van der Waals surface area contributed by atoms with E-state index in [9.17, 15) is 9.59 Å². The van der Waals surface area contributed by atoms with Crippen LogP contribution in [0.4, 0.5) is 11.4 Å². The van der Waals surface area contributed by atoms with Crippen molar-refractivity contribution in [3.8, 4) is 0 Å². The Labute approximate surface area is 156 Å². The Morgan fingerprint density at radius 2 is 2.00 bits per heavy atom. The third-order valence-electron chi connectivity index (χ3n) is 4.63. The molecule has 1 aliphatic rings. The number of carbonyl (C=O) groups is 2. The fourth-order valence-electron chi connectivity index (χ4n) is 3.19. The van der Waals surface area contributed by atoms with Crippen molar-refractivity contribution < 1.29 is 14.3 Å². The van der Waals surface area contributed by atoms with Gasteiger partial charge < -0.3 is 19.9 Å². The van der Waals surface area contributed by atoms with Crippen LogP contribution < -0.4 is 10.2 Å². The number of hydrogen-bond acceptors (Lipinski definition) is 4. The Kier molecular flexibility index (Phi) is 7.45. The van der Waals surface area contributed by atoms with Crippen LogP contribution in [0.3, 0.4) is 0 Å². The largest absolute Gasteiger partial charge is 0.377 e. The van der Waals surface area contributed by atoms with Crippen molar-refractivity contribution in [3.05, 3.63) is 23.8 Å². The number of nitrogens with zero attached hydrogens (tertiary/aromatic N) is 2. The van der Waals surface area contributed by atoms with E-state index in [1.807, 2.05) is 55.9 Å². The second-order valence-corrected chi connectivity index (χ2v) is 6.90. The standard InChI is InChI=1S/C20H31N3O3/c1-5-19(24)21-16-9-10-18(22(3)4)15(12-16)13-23(20(25)6-2)14-17-8-7-11-26-17/h9-10,12,17H,5-8,11,13-14H2,1-4H3,(H,21,24)/t17-/m0/s1. The summed E-state index contributed by atoms with van der Waals surface area (Å²) in [6.07, 6.45) is 3.08. The lowest BCUT2D eigenvalue weighted by Gasteiger charge is -2.28. The van der Waals surface area contributed by atoms with E-state index in [4.69, 9.17) is 4.74 Å². The molecule has 0 radical (unpaired) electrons. The van der Waals surface area contributed by atoms with E-state index < -0.39 is 0 Å². The Bertz CT molecular complexity index is 625. The average molecular weight is 361 g/mol. The molecule has 0 aromatic heterocycles. The first-order valence-corrected chi connectivity index (χ1v) is 9.44. The predicted molar refractivity (Wildman–Crippen MR) is 104 cm³/mol. The summed E-state index contributed by atoms with van der Waals surface area (Å²) in [6.45, 7) is 5.62. The predicted octanol–water partition coefficient (Wildman–Crippen LogP) is 3.02. The second-order valence-electron chi connectivity index (χ2n) is 6.90. The van der Waals surface area contributed by atoms with E-state index in [1.54, 1.807) is 0 Å². The molecule has 1 aromatic rings. The zero-order valence-corrected chi connectivity index (χ0v) is 16.4. The molecule has 0 unspecified atom stereocenters. The Morgan fingerprint density at radius 3 is 2.58 bits per heavy atom. The molecule has 1 heterocycles. The summed E-state index contributed by atoms with van der Waals surface area (Å²) in [5.41, 5.74) is 2.82. The third kappa shape index (κ3) is 5.46. The maximum Gasteiger partial charge on any atom is 0.224 e. The van der Waals surface area contributed by atoms with E-state index in [1.165, 1.54) is 0 Å². The minimum Gasteiger partial charge on any atom is -0.377 e. The van der Waals surface area contributed by atoms with Crippen LogP contribution in [0.1, 0.15) is 45.1 Å². The molecule has 26 heavy (non-hydrogen) atoms. The molecule has 0 spiro atoms. The molecule has 1 aromatic carbocycles. The highest BCUT2D eigenvalue weighted by atomic mass is 16.5.